The van der Waals surface area contributed by atoms with Crippen LogP contribution in [0.4, 0.5) is 14.5 Å². The monoisotopic (exact) mass is 598 g/mol. The fourth-order valence-electron chi connectivity index (χ4n) is 5.06. The van der Waals surface area contributed by atoms with E-state index in [1.165, 1.54) is 49.3 Å². The van der Waals surface area contributed by atoms with Gasteiger partial charge >= 0.3 is 10.2 Å². The third-order valence-electron chi connectivity index (χ3n) is 7.40. The number of nitrogens with one attached hydrogen (secondary N) is 1. The van der Waals surface area contributed by atoms with Gasteiger partial charge in [-0.15, -0.1) is 0 Å². The molecule has 0 radical (unpaired) electrons. The Morgan fingerprint density at radius 3 is 2.14 bits per heavy atom. The van der Waals surface area contributed by atoms with Gasteiger partial charge in [-0.3, -0.25) is 9.59 Å². The maximum Gasteiger partial charge on any atom is 0.304 e. The first-order valence-electron chi connectivity index (χ1n) is 13.9. The van der Waals surface area contributed by atoms with Crippen molar-refractivity contribution in [2.24, 2.45) is 0 Å². The fourth-order valence-corrected chi connectivity index (χ4v) is 6.11. The molecule has 1 aliphatic carbocycles. The molecule has 0 aliphatic heterocycles. The average molecular weight is 599 g/mol. The van der Waals surface area contributed by atoms with Crippen LogP contribution in [0.1, 0.15) is 36.8 Å². The Labute approximate surface area is 246 Å². The van der Waals surface area contributed by atoms with Crippen molar-refractivity contribution in [1.29, 1.82) is 0 Å². The van der Waals surface area contributed by atoms with Gasteiger partial charge in [-0.05, 0) is 48.7 Å². The van der Waals surface area contributed by atoms with Gasteiger partial charge in [-0.2, -0.15) is 12.7 Å². The highest BCUT2D eigenvalue weighted by molar-refractivity contribution is 7.90. The van der Waals surface area contributed by atoms with Crippen LogP contribution in [-0.2, 0) is 32.8 Å². The molecule has 0 unspecified atom stereocenters. The number of benzene rings is 3. The van der Waals surface area contributed by atoms with Gasteiger partial charge in [0.1, 0.15) is 24.2 Å². The topological polar surface area (TPSA) is 90.0 Å². The Kier molecular flexibility index (Phi) is 10.3. The van der Waals surface area contributed by atoms with Gasteiger partial charge in [0.15, 0.2) is 0 Å². The Morgan fingerprint density at radius 2 is 1.52 bits per heavy atom. The van der Waals surface area contributed by atoms with E-state index in [1.54, 1.807) is 6.07 Å². The summed E-state index contributed by atoms with van der Waals surface area (Å²) >= 11 is 0. The van der Waals surface area contributed by atoms with E-state index < -0.39 is 40.3 Å². The van der Waals surface area contributed by atoms with E-state index in [9.17, 15) is 26.8 Å². The molecule has 1 N–H and O–H groups in total. The van der Waals surface area contributed by atoms with Gasteiger partial charge in [0.25, 0.3) is 0 Å². The van der Waals surface area contributed by atoms with Crippen molar-refractivity contribution in [1.82, 2.24) is 14.5 Å². The van der Waals surface area contributed by atoms with E-state index >= 15 is 0 Å². The number of halogens is 2. The van der Waals surface area contributed by atoms with Crippen LogP contribution in [0.2, 0.25) is 0 Å². The molecule has 224 valence electrons. The Balaban J connectivity index is 1.76. The highest BCUT2D eigenvalue weighted by Gasteiger charge is 2.36. The smallest absolute Gasteiger partial charge is 0.304 e. The Hall–Kier alpha value is -3.83. The van der Waals surface area contributed by atoms with Crippen LogP contribution >= 0.6 is 0 Å². The number of rotatable bonds is 12. The van der Waals surface area contributed by atoms with Crippen LogP contribution < -0.4 is 9.62 Å². The first-order chi connectivity index (χ1) is 20.1. The second-order valence-corrected chi connectivity index (χ2v) is 12.6. The fraction of sp³-hybridized carbons (Fsp3) is 0.355. The van der Waals surface area contributed by atoms with Gasteiger partial charge in [-0.25, -0.2) is 13.1 Å². The number of nitrogens with zero attached hydrogens (tertiary/aromatic N) is 3. The number of amides is 2. The summed E-state index contributed by atoms with van der Waals surface area (Å²) in [5, 5.41) is 3.07. The summed E-state index contributed by atoms with van der Waals surface area (Å²) < 4.78 is 57.1. The van der Waals surface area contributed by atoms with Gasteiger partial charge in [0.2, 0.25) is 11.8 Å². The standard InChI is InChI=1S/C31H36F2N4O4S/c1-35(2)42(40,41)37(27-18-16-25(32)17-19-27)22-30(38)36(21-24-12-6-9-15-28(24)33)29(20-23-10-4-3-5-11-23)31(39)34-26-13-7-8-14-26/h3-6,9-12,15-19,26,29H,7-8,13-14,20-22H2,1-2H3,(H,34,39)/t29-/m1/s1. The molecule has 0 saturated heterocycles. The molecule has 0 heterocycles. The minimum absolute atomic E-state index is 0.0361. The highest BCUT2D eigenvalue weighted by Crippen LogP contribution is 2.24. The van der Waals surface area contributed by atoms with Gasteiger partial charge in [-0.1, -0.05) is 61.4 Å². The molecule has 11 heteroatoms. The number of carbonyl (C=O) groups excluding carboxylic acids is 2. The lowest BCUT2D eigenvalue weighted by atomic mass is 10.0. The molecule has 3 aromatic carbocycles. The van der Waals surface area contributed by atoms with Crippen LogP contribution in [0.25, 0.3) is 0 Å². The summed E-state index contributed by atoms with van der Waals surface area (Å²) in [6, 6.07) is 18.7. The molecule has 0 aromatic heterocycles. The van der Waals surface area contributed by atoms with E-state index in [2.05, 4.69) is 5.32 Å². The van der Waals surface area contributed by atoms with Gasteiger partial charge < -0.3 is 10.2 Å². The van der Waals surface area contributed by atoms with Crippen molar-refractivity contribution in [2.75, 3.05) is 24.9 Å². The number of anilines is 1. The molecule has 4 rings (SSSR count). The predicted molar refractivity (Wildman–Crippen MR) is 158 cm³/mol. The molecule has 1 atom stereocenters. The molecule has 1 saturated carbocycles. The zero-order valence-electron chi connectivity index (χ0n) is 23.7. The second-order valence-electron chi connectivity index (χ2n) is 10.6. The minimum Gasteiger partial charge on any atom is -0.352 e. The van der Waals surface area contributed by atoms with E-state index in [0.29, 0.717) is 0 Å². The van der Waals surface area contributed by atoms with Crippen molar-refractivity contribution in [3.8, 4) is 0 Å². The summed E-state index contributed by atoms with van der Waals surface area (Å²) in [6.07, 6.45) is 3.76. The zero-order valence-corrected chi connectivity index (χ0v) is 24.6. The number of hydrogen-bond donors (Lipinski definition) is 1. The second kappa shape index (κ2) is 13.9. The average Bonchev–Trinajstić information content (AvgIpc) is 3.48. The molecular weight excluding hydrogens is 562 g/mol. The third kappa shape index (κ3) is 7.71. The first kappa shape index (κ1) is 31.1. The summed E-state index contributed by atoms with van der Waals surface area (Å²) in [5.74, 6) is -2.23. The number of hydrogen-bond acceptors (Lipinski definition) is 4. The van der Waals surface area contributed by atoms with Crippen LogP contribution in [-0.4, -0.2) is 62.2 Å². The van der Waals surface area contributed by atoms with E-state index in [1.807, 2.05) is 30.3 Å². The van der Waals surface area contributed by atoms with Crippen LogP contribution in [0.5, 0.6) is 0 Å². The SMILES string of the molecule is CN(C)S(=O)(=O)N(CC(=O)N(Cc1ccccc1F)[C@H](Cc1ccccc1)C(=O)NC1CCCC1)c1ccc(F)cc1. The van der Waals surface area contributed by atoms with Crippen molar-refractivity contribution < 1.29 is 26.8 Å². The normalized spacial score (nSPS) is 14.5. The third-order valence-corrected chi connectivity index (χ3v) is 9.22. The maximum atomic E-state index is 14.9. The van der Waals surface area contributed by atoms with Gasteiger partial charge in [0, 0.05) is 38.7 Å². The molecule has 0 bridgehead atoms. The largest absolute Gasteiger partial charge is 0.352 e. The van der Waals surface area contributed by atoms with E-state index in [-0.39, 0.29) is 36.2 Å². The molecule has 3 aromatic rings. The highest BCUT2D eigenvalue weighted by atomic mass is 32.2. The lowest BCUT2D eigenvalue weighted by Crippen LogP contribution is -2.55. The molecular formula is C31H36F2N4O4S. The molecule has 0 spiro atoms. The maximum absolute atomic E-state index is 14.9. The minimum atomic E-state index is -4.22. The first-order valence-corrected chi connectivity index (χ1v) is 15.3. The van der Waals surface area contributed by atoms with Gasteiger partial charge in [0.05, 0.1) is 5.69 Å². The van der Waals surface area contributed by atoms with E-state index in [4.69, 9.17) is 0 Å². The van der Waals surface area contributed by atoms with Crippen molar-refractivity contribution in [3.05, 3.63) is 102 Å². The molecule has 2 amide bonds. The molecule has 1 aliphatic rings. The lowest BCUT2D eigenvalue weighted by molar-refractivity contribution is -0.140. The zero-order chi connectivity index (χ0) is 30.3. The Morgan fingerprint density at radius 1 is 0.905 bits per heavy atom. The van der Waals surface area contributed by atoms with Crippen LogP contribution in [0.15, 0.2) is 78.9 Å². The lowest BCUT2D eigenvalue weighted by Gasteiger charge is -2.35. The molecule has 42 heavy (non-hydrogen) atoms. The van der Waals surface area contributed by atoms with E-state index in [0.717, 1.165) is 52.0 Å². The van der Waals surface area contributed by atoms with Crippen LogP contribution in [0, 0.1) is 11.6 Å². The summed E-state index contributed by atoms with van der Waals surface area (Å²) in [7, 11) is -1.58. The number of carbonyl (C=O) groups is 2. The van der Waals surface area contributed by atoms with Crippen molar-refractivity contribution in [3.63, 3.8) is 0 Å². The van der Waals surface area contributed by atoms with Crippen LogP contribution in [0.3, 0.4) is 0 Å². The predicted octanol–water partition coefficient (Wildman–Crippen LogP) is 4.28. The van der Waals surface area contributed by atoms with Crippen molar-refractivity contribution >= 4 is 27.7 Å². The molecule has 8 nitrogen and oxygen atoms in total. The summed E-state index contributed by atoms with van der Waals surface area (Å²) in [5.41, 5.74) is 1.03. The molecule has 1 fully saturated rings. The summed E-state index contributed by atoms with van der Waals surface area (Å²) in [6.45, 7) is -0.955. The Bertz CT molecular complexity index is 1460. The van der Waals surface area contributed by atoms with Crippen molar-refractivity contribution in [2.45, 2.75) is 50.7 Å². The quantitative estimate of drug-likeness (QED) is 0.337. The summed E-state index contributed by atoms with van der Waals surface area (Å²) in [4.78, 5) is 29.3.